The fraction of sp³-hybridized carbons (Fsp3) is 0.389. The standard InChI is InChI=1S/C18H21ClN4O3/c1-3-6-22-16(24)17(25)23(18(22)26)12-20-7-9-21(10-8-20)15-11-14(19)5-4-13(15)2/h3-5,11H,1,6-10,12H2,2H3/p+1. The molecule has 2 fully saturated rings. The number of quaternary nitrogens is 1. The molecule has 7 nitrogen and oxygen atoms in total. The molecule has 1 aromatic rings. The van der Waals surface area contributed by atoms with Gasteiger partial charge in [0.2, 0.25) is 0 Å². The molecule has 0 radical (unpaired) electrons. The first-order chi connectivity index (χ1) is 12.4. The summed E-state index contributed by atoms with van der Waals surface area (Å²) >= 11 is 6.11. The van der Waals surface area contributed by atoms with Gasteiger partial charge in [0.15, 0.2) is 6.67 Å². The minimum atomic E-state index is -0.775. The molecule has 3 rings (SSSR count). The number of anilines is 1. The van der Waals surface area contributed by atoms with Crippen molar-refractivity contribution < 1.29 is 19.3 Å². The third kappa shape index (κ3) is 3.45. The number of aryl methyl sites for hydroxylation is 1. The topological polar surface area (TPSA) is 65.4 Å². The van der Waals surface area contributed by atoms with Crippen LogP contribution in [0.2, 0.25) is 5.02 Å². The molecular formula is C18H22ClN4O3+. The maximum atomic E-state index is 12.3. The third-order valence-electron chi connectivity index (χ3n) is 4.81. The average molecular weight is 378 g/mol. The number of piperazine rings is 1. The number of amides is 4. The Morgan fingerprint density at radius 3 is 2.46 bits per heavy atom. The van der Waals surface area contributed by atoms with Crippen LogP contribution >= 0.6 is 11.6 Å². The minimum Gasteiger partial charge on any atom is -0.360 e. The van der Waals surface area contributed by atoms with Gasteiger partial charge < -0.3 is 9.80 Å². The summed E-state index contributed by atoms with van der Waals surface area (Å²) in [6.07, 6.45) is 1.44. The van der Waals surface area contributed by atoms with E-state index < -0.39 is 17.8 Å². The molecule has 2 saturated heterocycles. The molecule has 0 spiro atoms. The van der Waals surface area contributed by atoms with Crippen LogP contribution in [0, 0.1) is 6.92 Å². The number of nitrogens with zero attached hydrogens (tertiary/aromatic N) is 3. The van der Waals surface area contributed by atoms with E-state index >= 15 is 0 Å². The van der Waals surface area contributed by atoms with Crippen molar-refractivity contribution in [1.82, 2.24) is 9.80 Å². The van der Waals surface area contributed by atoms with Crippen LogP contribution in [0.1, 0.15) is 5.56 Å². The van der Waals surface area contributed by atoms with Crippen molar-refractivity contribution in [2.24, 2.45) is 0 Å². The van der Waals surface area contributed by atoms with Gasteiger partial charge in [-0.2, -0.15) is 0 Å². The Morgan fingerprint density at radius 2 is 1.81 bits per heavy atom. The molecule has 2 aliphatic heterocycles. The van der Waals surface area contributed by atoms with Gasteiger partial charge in [-0.25, -0.2) is 9.69 Å². The summed E-state index contributed by atoms with van der Waals surface area (Å²) in [7, 11) is 0. The number of imide groups is 2. The number of halogens is 1. The summed E-state index contributed by atoms with van der Waals surface area (Å²) in [5, 5.41) is 0.703. The quantitative estimate of drug-likeness (QED) is 0.455. The lowest BCUT2D eigenvalue weighted by Gasteiger charge is -2.35. The number of hydrogen-bond acceptors (Lipinski definition) is 4. The maximum Gasteiger partial charge on any atom is 0.339 e. The summed E-state index contributed by atoms with van der Waals surface area (Å²) in [5.74, 6) is -1.53. The predicted octanol–water partition coefficient (Wildman–Crippen LogP) is 0.288. The van der Waals surface area contributed by atoms with E-state index in [4.69, 9.17) is 11.6 Å². The van der Waals surface area contributed by atoms with Crippen LogP contribution in [-0.2, 0) is 9.59 Å². The number of hydrogen-bond donors (Lipinski definition) is 1. The van der Waals surface area contributed by atoms with Crippen LogP contribution in [-0.4, -0.2) is 67.0 Å². The Kier molecular flexibility index (Phi) is 5.29. The van der Waals surface area contributed by atoms with Crippen LogP contribution < -0.4 is 9.80 Å². The largest absolute Gasteiger partial charge is 0.360 e. The summed E-state index contributed by atoms with van der Waals surface area (Å²) in [5.41, 5.74) is 2.27. The molecule has 1 N–H and O–H groups in total. The Labute approximate surface area is 157 Å². The van der Waals surface area contributed by atoms with Crippen molar-refractivity contribution >= 4 is 35.1 Å². The summed E-state index contributed by atoms with van der Waals surface area (Å²) in [6, 6.07) is 5.28. The molecule has 0 unspecified atom stereocenters. The van der Waals surface area contributed by atoms with Gasteiger partial charge in [0.1, 0.15) is 0 Å². The second-order valence-electron chi connectivity index (χ2n) is 6.55. The molecule has 1 aromatic carbocycles. The third-order valence-corrected chi connectivity index (χ3v) is 5.05. The van der Waals surface area contributed by atoms with E-state index in [1.165, 1.54) is 6.08 Å². The van der Waals surface area contributed by atoms with Gasteiger partial charge >= 0.3 is 17.8 Å². The van der Waals surface area contributed by atoms with E-state index in [0.29, 0.717) is 5.02 Å². The summed E-state index contributed by atoms with van der Waals surface area (Å²) < 4.78 is 0. The number of nitrogens with one attached hydrogen (secondary N) is 1. The van der Waals surface area contributed by atoms with Crippen molar-refractivity contribution in [3.63, 3.8) is 0 Å². The second-order valence-corrected chi connectivity index (χ2v) is 6.98. The molecular weight excluding hydrogens is 356 g/mol. The highest BCUT2D eigenvalue weighted by Gasteiger charge is 2.45. The number of urea groups is 1. The van der Waals surface area contributed by atoms with E-state index in [1.807, 2.05) is 25.1 Å². The summed E-state index contributed by atoms with van der Waals surface area (Å²) in [4.78, 5) is 41.6. The number of benzene rings is 1. The molecule has 2 heterocycles. The fourth-order valence-electron chi connectivity index (χ4n) is 3.35. The Morgan fingerprint density at radius 1 is 1.15 bits per heavy atom. The summed E-state index contributed by atoms with van der Waals surface area (Å²) in [6.45, 7) is 8.92. The SMILES string of the molecule is C=CCN1C(=O)C(=O)N(C[NH+]2CCN(c3cc(Cl)ccc3C)CC2)C1=O. The molecule has 0 aliphatic carbocycles. The van der Waals surface area contributed by atoms with Crippen molar-refractivity contribution in [3.8, 4) is 0 Å². The van der Waals surface area contributed by atoms with E-state index in [1.54, 1.807) is 0 Å². The van der Waals surface area contributed by atoms with Gasteiger partial charge in [-0.15, -0.1) is 6.58 Å². The molecule has 8 heteroatoms. The first kappa shape index (κ1) is 18.4. The normalized spacial score (nSPS) is 18.8. The van der Waals surface area contributed by atoms with Crippen molar-refractivity contribution in [2.45, 2.75) is 6.92 Å². The Bertz CT molecular complexity index is 759. The van der Waals surface area contributed by atoms with Gasteiger partial charge in [0.25, 0.3) is 0 Å². The zero-order chi connectivity index (χ0) is 18.8. The minimum absolute atomic E-state index is 0.0526. The van der Waals surface area contributed by atoms with Crippen LogP contribution in [0.4, 0.5) is 10.5 Å². The van der Waals surface area contributed by atoms with E-state index in [-0.39, 0.29) is 13.2 Å². The van der Waals surface area contributed by atoms with E-state index in [9.17, 15) is 14.4 Å². The van der Waals surface area contributed by atoms with Crippen LogP contribution in [0.15, 0.2) is 30.9 Å². The highest BCUT2D eigenvalue weighted by atomic mass is 35.5. The van der Waals surface area contributed by atoms with Crippen molar-refractivity contribution in [3.05, 3.63) is 41.4 Å². The fourth-order valence-corrected chi connectivity index (χ4v) is 3.52. The Balaban J connectivity index is 1.61. The van der Waals surface area contributed by atoms with E-state index in [2.05, 4.69) is 11.5 Å². The molecule has 0 aromatic heterocycles. The van der Waals surface area contributed by atoms with Crippen LogP contribution in [0.25, 0.3) is 0 Å². The van der Waals surface area contributed by atoms with Crippen LogP contribution in [0.5, 0.6) is 0 Å². The van der Waals surface area contributed by atoms with Gasteiger partial charge in [0, 0.05) is 17.3 Å². The molecule has 26 heavy (non-hydrogen) atoms. The number of rotatable bonds is 5. The van der Waals surface area contributed by atoms with Gasteiger partial charge in [-0.1, -0.05) is 23.7 Å². The molecule has 0 saturated carbocycles. The highest BCUT2D eigenvalue weighted by Crippen LogP contribution is 2.24. The van der Waals surface area contributed by atoms with Crippen molar-refractivity contribution in [1.29, 1.82) is 0 Å². The smallest absolute Gasteiger partial charge is 0.339 e. The van der Waals surface area contributed by atoms with Crippen LogP contribution in [0.3, 0.4) is 0 Å². The van der Waals surface area contributed by atoms with Gasteiger partial charge in [-0.05, 0) is 24.6 Å². The van der Waals surface area contributed by atoms with Gasteiger partial charge in [0.05, 0.1) is 26.2 Å². The first-order valence-electron chi connectivity index (χ1n) is 8.55. The average Bonchev–Trinajstić information content (AvgIpc) is 2.83. The lowest BCUT2D eigenvalue weighted by Crippen LogP contribution is -3.16. The number of carbonyl (C=O) groups excluding carboxylic acids is 3. The predicted molar refractivity (Wildman–Crippen MR) is 98.1 cm³/mol. The maximum absolute atomic E-state index is 12.3. The van der Waals surface area contributed by atoms with Gasteiger partial charge in [-0.3, -0.25) is 14.5 Å². The monoisotopic (exact) mass is 377 g/mol. The van der Waals surface area contributed by atoms with E-state index in [0.717, 1.165) is 52.1 Å². The molecule has 2 aliphatic rings. The first-order valence-corrected chi connectivity index (χ1v) is 8.93. The zero-order valence-electron chi connectivity index (χ0n) is 14.7. The zero-order valence-corrected chi connectivity index (χ0v) is 15.5. The molecule has 138 valence electrons. The Hall–Kier alpha value is -2.38. The molecule has 0 atom stereocenters. The van der Waals surface area contributed by atoms with Crippen molar-refractivity contribution in [2.75, 3.05) is 44.3 Å². The number of carbonyl (C=O) groups is 3. The lowest BCUT2D eigenvalue weighted by molar-refractivity contribution is -0.907. The highest BCUT2D eigenvalue weighted by molar-refractivity contribution is 6.44. The molecule has 4 amide bonds. The second kappa shape index (κ2) is 7.47. The molecule has 0 bridgehead atoms. The lowest BCUT2D eigenvalue weighted by atomic mass is 10.1.